The first kappa shape index (κ1) is 13.0. The molecule has 0 aromatic carbocycles. The van der Waals surface area contributed by atoms with Crippen molar-refractivity contribution >= 4 is 44.9 Å². The van der Waals surface area contributed by atoms with Crippen molar-refractivity contribution < 1.29 is 4.79 Å². The zero-order valence-electron chi connectivity index (χ0n) is 10.1. The molecule has 0 saturated heterocycles. The number of amides is 1. The summed E-state index contributed by atoms with van der Waals surface area (Å²) in [6.07, 6.45) is 0. The van der Waals surface area contributed by atoms with Crippen molar-refractivity contribution in [2.45, 2.75) is 13.8 Å². The van der Waals surface area contributed by atoms with E-state index in [1.807, 2.05) is 13.0 Å². The van der Waals surface area contributed by atoms with Crippen molar-refractivity contribution in [3.05, 3.63) is 16.2 Å². The first-order chi connectivity index (χ1) is 8.56. The molecule has 0 aliphatic heterocycles. The van der Waals surface area contributed by atoms with E-state index in [9.17, 15) is 4.79 Å². The molecule has 0 bridgehead atoms. The lowest BCUT2D eigenvalue weighted by Crippen LogP contribution is -2.26. The molecule has 0 spiro atoms. The molecule has 1 amide bonds. The van der Waals surface area contributed by atoms with E-state index in [-0.39, 0.29) is 11.2 Å². The van der Waals surface area contributed by atoms with Crippen molar-refractivity contribution in [1.29, 1.82) is 0 Å². The summed E-state index contributed by atoms with van der Waals surface area (Å²) in [6, 6.07) is 2.02. The Bertz CT molecular complexity index is 584. The van der Waals surface area contributed by atoms with Crippen LogP contribution in [0.15, 0.2) is 6.07 Å². The fraction of sp³-hybridized carbons (Fsp3) is 0.364. The van der Waals surface area contributed by atoms with Crippen molar-refractivity contribution in [2.24, 2.45) is 0 Å². The molecular formula is C11H13ClN4OS. The second kappa shape index (κ2) is 5.49. The second-order valence-electron chi connectivity index (χ2n) is 3.83. The molecular weight excluding hydrogens is 272 g/mol. The van der Waals surface area contributed by atoms with E-state index in [1.165, 1.54) is 6.92 Å². The van der Waals surface area contributed by atoms with Crippen molar-refractivity contribution in [3.8, 4) is 0 Å². The van der Waals surface area contributed by atoms with Gasteiger partial charge in [0, 0.05) is 24.9 Å². The molecule has 0 fully saturated rings. The highest BCUT2D eigenvalue weighted by atomic mass is 35.5. The highest BCUT2D eigenvalue weighted by molar-refractivity contribution is 7.18. The summed E-state index contributed by atoms with van der Waals surface area (Å²) in [5.41, 5.74) is 0. The summed E-state index contributed by atoms with van der Waals surface area (Å²) in [5, 5.41) is 7.05. The first-order valence-electron chi connectivity index (χ1n) is 5.48. The third-order valence-electron chi connectivity index (χ3n) is 2.28. The fourth-order valence-corrected chi connectivity index (χ4v) is 2.67. The molecule has 0 radical (unpaired) electrons. The molecule has 5 nitrogen and oxygen atoms in total. The molecule has 0 atom stereocenters. The van der Waals surface area contributed by atoms with Crippen molar-refractivity contribution in [2.75, 3.05) is 18.4 Å². The number of nitrogens with one attached hydrogen (secondary N) is 2. The van der Waals surface area contributed by atoms with Crippen LogP contribution in [0.5, 0.6) is 0 Å². The summed E-state index contributed by atoms with van der Waals surface area (Å²) in [4.78, 5) is 21.1. The molecule has 0 aliphatic rings. The van der Waals surface area contributed by atoms with E-state index in [0.717, 1.165) is 15.1 Å². The van der Waals surface area contributed by atoms with E-state index < -0.39 is 0 Å². The topological polar surface area (TPSA) is 66.9 Å². The van der Waals surface area contributed by atoms with Gasteiger partial charge in [-0.3, -0.25) is 4.79 Å². The normalized spacial score (nSPS) is 10.6. The van der Waals surface area contributed by atoms with Gasteiger partial charge in [-0.1, -0.05) is 0 Å². The third kappa shape index (κ3) is 3.08. The summed E-state index contributed by atoms with van der Waals surface area (Å²) in [5.74, 6) is 0.661. The number of aromatic nitrogens is 2. The first-order valence-corrected chi connectivity index (χ1v) is 6.67. The minimum atomic E-state index is -0.0472. The van der Waals surface area contributed by atoms with Crippen LogP contribution in [0.25, 0.3) is 10.2 Å². The van der Waals surface area contributed by atoms with Gasteiger partial charge in [0.05, 0.1) is 5.39 Å². The predicted molar refractivity (Wildman–Crippen MR) is 74.3 cm³/mol. The van der Waals surface area contributed by atoms with Crippen LogP contribution in [0.3, 0.4) is 0 Å². The molecule has 2 heterocycles. The van der Waals surface area contributed by atoms with Crippen LogP contribution in [-0.2, 0) is 4.79 Å². The van der Waals surface area contributed by atoms with E-state index in [4.69, 9.17) is 11.6 Å². The van der Waals surface area contributed by atoms with Gasteiger partial charge in [0.15, 0.2) is 0 Å². The van der Waals surface area contributed by atoms with Gasteiger partial charge in [-0.2, -0.15) is 0 Å². The number of hydrogen-bond donors (Lipinski definition) is 2. The molecule has 18 heavy (non-hydrogen) atoms. The van der Waals surface area contributed by atoms with Gasteiger partial charge in [-0.25, -0.2) is 9.97 Å². The maximum atomic E-state index is 10.7. The Balaban J connectivity index is 2.14. The average Bonchev–Trinajstić information content (AvgIpc) is 2.64. The highest BCUT2D eigenvalue weighted by Crippen LogP contribution is 2.29. The highest BCUT2D eigenvalue weighted by Gasteiger charge is 2.09. The number of thiophene rings is 1. The lowest BCUT2D eigenvalue weighted by molar-refractivity contribution is -0.118. The number of anilines is 1. The van der Waals surface area contributed by atoms with E-state index in [1.54, 1.807) is 11.3 Å². The van der Waals surface area contributed by atoms with Gasteiger partial charge in [0.25, 0.3) is 0 Å². The summed E-state index contributed by atoms with van der Waals surface area (Å²) < 4.78 is 0. The quantitative estimate of drug-likeness (QED) is 0.667. The van der Waals surface area contributed by atoms with Crippen molar-refractivity contribution in [1.82, 2.24) is 15.3 Å². The van der Waals surface area contributed by atoms with Gasteiger partial charge < -0.3 is 10.6 Å². The Morgan fingerprint density at radius 2 is 2.22 bits per heavy atom. The second-order valence-corrected chi connectivity index (χ2v) is 5.40. The zero-order chi connectivity index (χ0) is 13.1. The van der Waals surface area contributed by atoms with Crippen molar-refractivity contribution in [3.63, 3.8) is 0 Å². The van der Waals surface area contributed by atoms with E-state index in [2.05, 4.69) is 20.6 Å². The van der Waals surface area contributed by atoms with Gasteiger partial charge in [0.2, 0.25) is 11.2 Å². The lowest BCUT2D eigenvalue weighted by atomic mass is 10.3. The Morgan fingerprint density at radius 1 is 1.44 bits per heavy atom. The molecule has 2 N–H and O–H groups in total. The number of fused-ring (bicyclic) bond motifs is 1. The maximum Gasteiger partial charge on any atom is 0.225 e. The lowest BCUT2D eigenvalue weighted by Gasteiger charge is -2.07. The monoisotopic (exact) mass is 284 g/mol. The van der Waals surface area contributed by atoms with Crippen LogP contribution in [0.1, 0.15) is 11.8 Å². The number of nitrogens with zero attached hydrogens (tertiary/aromatic N) is 2. The molecule has 7 heteroatoms. The minimum absolute atomic E-state index is 0.0472. The van der Waals surface area contributed by atoms with E-state index >= 15 is 0 Å². The standard InChI is InChI=1S/C11H13ClN4OS/c1-6-5-8-9(14-4-3-13-7(2)17)15-11(12)16-10(8)18-6/h5H,3-4H2,1-2H3,(H,13,17)(H,14,15,16). The number of aryl methyl sites for hydroxylation is 1. The smallest absolute Gasteiger partial charge is 0.225 e. The van der Waals surface area contributed by atoms with Gasteiger partial charge in [-0.15, -0.1) is 11.3 Å². The summed E-state index contributed by atoms with van der Waals surface area (Å²) >= 11 is 7.45. The number of hydrogen-bond acceptors (Lipinski definition) is 5. The fourth-order valence-electron chi connectivity index (χ4n) is 1.57. The Kier molecular flexibility index (Phi) is 3.98. The zero-order valence-corrected chi connectivity index (χ0v) is 11.7. The molecule has 0 unspecified atom stereocenters. The number of halogens is 1. The predicted octanol–water partition coefficient (Wildman–Crippen LogP) is 2.20. The largest absolute Gasteiger partial charge is 0.368 e. The van der Waals surface area contributed by atoms with Crippen LogP contribution in [0.4, 0.5) is 5.82 Å². The molecule has 2 aromatic rings. The maximum absolute atomic E-state index is 10.7. The van der Waals surface area contributed by atoms with Crippen LogP contribution < -0.4 is 10.6 Å². The average molecular weight is 285 g/mol. The molecule has 2 rings (SSSR count). The Labute approximate surface area is 114 Å². The molecule has 96 valence electrons. The van der Waals surface area contributed by atoms with Gasteiger partial charge in [0.1, 0.15) is 10.6 Å². The van der Waals surface area contributed by atoms with Crippen LogP contribution in [0.2, 0.25) is 5.28 Å². The molecule has 2 aromatic heterocycles. The minimum Gasteiger partial charge on any atom is -0.368 e. The molecule has 0 aliphatic carbocycles. The SMILES string of the molecule is CC(=O)NCCNc1nc(Cl)nc2sc(C)cc12. The van der Waals surface area contributed by atoms with E-state index in [0.29, 0.717) is 18.9 Å². The summed E-state index contributed by atoms with van der Waals surface area (Å²) in [6.45, 7) is 4.64. The van der Waals surface area contributed by atoms with Crippen LogP contribution >= 0.6 is 22.9 Å². The summed E-state index contributed by atoms with van der Waals surface area (Å²) in [7, 11) is 0. The Hall–Kier alpha value is -1.40. The number of carbonyl (C=O) groups is 1. The van der Waals surface area contributed by atoms with Gasteiger partial charge in [-0.05, 0) is 24.6 Å². The van der Waals surface area contributed by atoms with Gasteiger partial charge >= 0.3 is 0 Å². The number of rotatable bonds is 4. The van der Waals surface area contributed by atoms with Crippen LogP contribution in [0, 0.1) is 6.92 Å². The number of carbonyl (C=O) groups excluding carboxylic acids is 1. The van der Waals surface area contributed by atoms with Crippen LogP contribution in [-0.4, -0.2) is 29.0 Å². The Morgan fingerprint density at radius 3 is 2.94 bits per heavy atom. The third-order valence-corrected chi connectivity index (χ3v) is 3.39. The molecule has 0 saturated carbocycles.